The molecule has 2 N–H and O–H groups in total. The molecule has 2 aliphatic heterocycles. The number of hydrogen-bond acceptors (Lipinski definition) is 4. The summed E-state index contributed by atoms with van der Waals surface area (Å²) in [6.45, 7) is 3.02. The number of aliphatic hydroxyl groups excluding tert-OH is 2. The van der Waals surface area contributed by atoms with Crippen LogP contribution in [0.2, 0.25) is 0 Å². The maximum absolute atomic E-state index is 10.6. The van der Waals surface area contributed by atoms with Gasteiger partial charge in [-0.3, -0.25) is 0 Å². The van der Waals surface area contributed by atoms with Gasteiger partial charge in [-0.2, -0.15) is 0 Å². The summed E-state index contributed by atoms with van der Waals surface area (Å²) in [4.78, 5) is 2.46. The molecule has 1 spiro atoms. The molecule has 5 heteroatoms. The van der Waals surface area contributed by atoms with Gasteiger partial charge < -0.3 is 19.8 Å². The van der Waals surface area contributed by atoms with Crippen molar-refractivity contribution < 1.29 is 14.9 Å². The predicted octanol–water partition coefficient (Wildman–Crippen LogP) is 0.743. The quantitative estimate of drug-likeness (QED) is 0.511. The lowest BCUT2D eigenvalue weighted by molar-refractivity contribution is -0.115. The Morgan fingerprint density at radius 3 is 2.91 bits per heavy atom. The summed E-state index contributed by atoms with van der Waals surface area (Å²) in [5, 5.41) is 21.1. The molecule has 124 valence electrons. The number of nitrogens with zero attached hydrogens (tertiary/aromatic N) is 1. The van der Waals surface area contributed by atoms with Gasteiger partial charge in [0.05, 0.1) is 20.6 Å². The van der Waals surface area contributed by atoms with E-state index in [0.717, 1.165) is 25.8 Å². The highest BCUT2D eigenvalue weighted by molar-refractivity contribution is 5.75. The fourth-order valence-corrected chi connectivity index (χ4v) is 6.04. The van der Waals surface area contributed by atoms with Crippen molar-refractivity contribution >= 4 is 8.41 Å². The monoisotopic (exact) mass is 315 g/mol. The van der Waals surface area contributed by atoms with Crippen molar-refractivity contribution in [1.29, 1.82) is 0 Å². The highest BCUT2D eigenvalue weighted by atomic mass is 16.5. The minimum atomic E-state index is -0.732. The minimum Gasteiger partial charge on any atom is -0.509 e. The van der Waals surface area contributed by atoms with Crippen LogP contribution in [0.15, 0.2) is 35.1 Å². The average molecular weight is 315 g/mol. The Hall–Kier alpha value is -1.04. The zero-order valence-electron chi connectivity index (χ0n) is 13.1. The van der Waals surface area contributed by atoms with Crippen LogP contribution in [0.25, 0.3) is 0 Å². The third-order valence-corrected chi connectivity index (χ3v) is 6.93. The van der Waals surface area contributed by atoms with Crippen molar-refractivity contribution in [2.24, 2.45) is 11.3 Å². The Balaban J connectivity index is 0.00000135. The van der Waals surface area contributed by atoms with E-state index in [9.17, 15) is 10.2 Å². The number of hydrogen-bond donors (Lipinski definition) is 2. The van der Waals surface area contributed by atoms with Crippen molar-refractivity contribution in [2.45, 2.75) is 50.0 Å². The van der Waals surface area contributed by atoms with Gasteiger partial charge in [0.25, 0.3) is 0 Å². The van der Waals surface area contributed by atoms with Crippen molar-refractivity contribution in [3.8, 4) is 0 Å². The molecule has 5 aliphatic rings. The standard InChI is InChI=1S/C18H23NO3.BH3/c1-17-14(21)6-3-10-9-12-11-4-5-13(20)16(22-17)18(11,15(10)17)7-8-19(12)2;/h4-6,11-13,16,20-21H,3,7-9H2,1-2H3;1H3/t11-,12+,13-,16-,17?,18-;/m0./s1. The lowest BCUT2D eigenvalue weighted by Gasteiger charge is -2.58. The number of rotatable bonds is 0. The van der Waals surface area contributed by atoms with Gasteiger partial charge in [-0.25, -0.2) is 0 Å². The zero-order valence-corrected chi connectivity index (χ0v) is 13.1. The summed E-state index contributed by atoms with van der Waals surface area (Å²) < 4.78 is 6.38. The van der Waals surface area contributed by atoms with E-state index in [1.165, 1.54) is 11.1 Å². The smallest absolute Gasteiger partial charge is 0.144 e. The van der Waals surface area contributed by atoms with Gasteiger partial charge >= 0.3 is 0 Å². The lowest BCUT2D eigenvalue weighted by Crippen LogP contribution is -2.61. The Labute approximate surface area is 139 Å². The molecule has 1 unspecified atom stereocenters. The second-order valence-corrected chi connectivity index (χ2v) is 7.79. The van der Waals surface area contributed by atoms with E-state index in [0.29, 0.717) is 17.7 Å². The molecule has 3 aliphatic carbocycles. The molecule has 0 aromatic carbocycles. The van der Waals surface area contributed by atoms with Gasteiger partial charge in [0.2, 0.25) is 0 Å². The SMILES string of the molecule is B.CN1CC[C@]23C4=C5CC=C(O)C4(C)O[C@H]2[C@@H](O)C=C[C@H]3[C@H]1C5. The van der Waals surface area contributed by atoms with Gasteiger partial charge in [-0.05, 0) is 51.4 Å². The molecule has 6 atom stereocenters. The van der Waals surface area contributed by atoms with Gasteiger partial charge in [-0.15, -0.1) is 0 Å². The summed E-state index contributed by atoms with van der Waals surface area (Å²) >= 11 is 0. The Morgan fingerprint density at radius 2 is 2.13 bits per heavy atom. The van der Waals surface area contributed by atoms with E-state index in [1.54, 1.807) is 0 Å². The molecule has 0 aromatic rings. The van der Waals surface area contributed by atoms with Crippen molar-refractivity contribution in [3.05, 3.63) is 35.1 Å². The number of allylic oxidation sites excluding steroid dienone is 1. The van der Waals surface area contributed by atoms with Crippen LogP contribution in [-0.4, -0.2) is 61.0 Å². The molecule has 2 fully saturated rings. The molecular weight excluding hydrogens is 289 g/mol. The molecule has 4 nitrogen and oxygen atoms in total. The maximum atomic E-state index is 10.6. The summed E-state index contributed by atoms with van der Waals surface area (Å²) in [5.41, 5.74) is 1.86. The number of piperidine rings is 1. The van der Waals surface area contributed by atoms with Crippen LogP contribution < -0.4 is 0 Å². The summed E-state index contributed by atoms with van der Waals surface area (Å²) in [5.74, 6) is 0.712. The first kappa shape index (κ1) is 15.5. The van der Waals surface area contributed by atoms with E-state index in [1.807, 2.05) is 19.1 Å². The first-order valence-electron chi connectivity index (χ1n) is 8.35. The first-order chi connectivity index (χ1) is 10.5. The fourth-order valence-electron chi connectivity index (χ4n) is 6.04. The van der Waals surface area contributed by atoms with Crippen LogP contribution in [0, 0.1) is 11.3 Å². The van der Waals surface area contributed by atoms with Crippen LogP contribution in [0.1, 0.15) is 26.2 Å². The summed E-state index contributed by atoms with van der Waals surface area (Å²) in [7, 11) is 2.21. The van der Waals surface area contributed by atoms with Gasteiger partial charge in [0, 0.05) is 17.4 Å². The lowest BCUT2D eigenvalue weighted by atomic mass is 9.50. The topological polar surface area (TPSA) is 52.9 Å². The molecule has 0 radical (unpaired) electrons. The van der Waals surface area contributed by atoms with Crippen LogP contribution in [0.5, 0.6) is 0 Å². The van der Waals surface area contributed by atoms with Gasteiger partial charge in [0.1, 0.15) is 11.4 Å². The minimum absolute atomic E-state index is 0. The Bertz CT molecular complexity index is 657. The third-order valence-electron chi connectivity index (χ3n) is 6.93. The normalized spacial score (nSPS) is 50.3. The van der Waals surface area contributed by atoms with Crippen LogP contribution in [0.3, 0.4) is 0 Å². The Morgan fingerprint density at radius 1 is 1.35 bits per heavy atom. The van der Waals surface area contributed by atoms with E-state index in [4.69, 9.17) is 4.74 Å². The molecule has 0 saturated carbocycles. The van der Waals surface area contributed by atoms with Crippen LogP contribution in [-0.2, 0) is 4.74 Å². The van der Waals surface area contributed by atoms with Crippen molar-refractivity contribution in [2.75, 3.05) is 13.6 Å². The second-order valence-electron chi connectivity index (χ2n) is 7.79. The van der Waals surface area contributed by atoms with E-state index < -0.39 is 11.7 Å². The predicted molar refractivity (Wildman–Crippen MR) is 92.3 cm³/mol. The molecule has 5 rings (SSSR count). The van der Waals surface area contributed by atoms with Crippen molar-refractivity contribution in [3.63, 3.8) is 0 Å². The summed E-state index contributed by atoms with van der Waals surface area (Å²) in [6.07, 6.45) is 8.09. The fraction of sp³-hybridized carbons (Fsp3) is 0.667. The largest absolute Gasteiger partial charge is 0.509 e. The van der Waals surface area contributed by atoms with Crippen molar-refractivity contribution in [1.82, 2.24) is 4.90 Å². The Kier molecular flexibility index (Phi) is 3.05. The van der Waals surface area contributed by atoms with Crippen LogP contribution in [0.4, 0.5) is 0 Å². The van der Waals surface area contributed by atoms with Gasteiger partial charge in [-0.1, -0.05) is 17.7 Å². The highest BCUT2D eigenvalue weighted by Gasteiger charge is 2.69. The number of likely N-dealkylation sites (tertiary alicyclic amines) is 1. The number of aliphatic hydroxyl groups is 2. The molecule has 0 amide bonds. The molecule has 2 bridgehead atoms. The third kappa shape index (κ3) is 1.54. The molecular formula is C18H26BNO3. The van der Waals surface area contributed by atoms with Crippen LogP contribution >= 0.6 is 0 Å². The first-order valence-corrected chi connectivity index (χ1v) is 8.35. The van der Waals surface area contributed by atoms with E-state index in [-0.39, 0.29) is 19.9 Å². The molecule has 2 heterocycles. The highest BCUT2D eigenvalue weighted by Crippen LogP contribution is 2.67. The zero-order chi connectivity index (χ0) is 15.3. The average Bonchev–Trinajstić information content (AvgIpc) is 2.78. The maximum Gasteiger partial charge on any atom is 0.144 e. The molecule has 23 heavy (non-hydrogen) atoms. The molecule has 2 saturated heterocycles. The van der Waals surface area contributed by atoms with E-state index in [2.05, 4.69) is 18.0 Å². The summed E-state index contributed by atoms with van der Waals surface area (Å²) in [6, 6.07) is 0.485. The second kappa shape index (κ2) is 4.53. The molecule has 0 aromatic heterocycles. The number of ether oxygens (including phenoxy) is 1. The van der Waals surface area contributed by atoms with Gasteiger partial charge in [0.15, 0.2) is 0 Å². The van der Waals surface area contributed by atoms with E-state index >= 15 is 0 Å².